The molecule has 1 aliphatic rings. The summed E-state index contributed by atoms with van der Waals surface area (Å²) < 4.78 is 5.90. The maximum absolute atomic E-state index is 5.90. The molecule has 1 fully saturated rings. The second-order valence-electron chi connectivity index (χ2n) is 6.47. The van der Waals surface area contributed by atoms with Crippen LogP contribution in [0.3, 0.4) is 0 Å². The lowest BCUT2D eigenvalue weighted by atomic mass is 10.00. The van der Waals surface area contributed by atoms with E-state index in [2.05, 4.69) is 51.0 Å². The van der Waals surface area contributed by atoms with Gasteiger partial charge in [0.1, 0.15) is 11.5 Å². The van der Waals surface area contributed by atoms with E-state index in [0.29, 0.717) is 0 Å². The molecular weight excluding hydrogens is 236 g/mol. The fourth-order valence-electron chi connectivity index (χ4n) is 2.10. The summed E-state index contributed by atoms with van der Waals surface area (Å²) >= 11 is 0. The van der Waals surface area contributed by atoms with Crippen molar-refractivity contribution in [1.82, 2.24) is 10.2 Å². The first-order valence-corrected chi connectivity index (χ1v) is 7.45. The molecule has 1 N–H and O–H groups in total. The van der Waals surface area contributed by atoms with Crippen molar-refractivity contribution in [2.75, 3.05) is 7.05 Å². The lowest BCUT2D eigenvalue weighted by molar-refractivity contribution is 0.132. The highest BCUT2D eigenvalue weighted by molar-refractivity contribution is 5.21. The van der Waals surface area contributed by atoms with Gasteiger partial charge in [0, 0.05) is 23.7 Å². The van der Waals surface area contributed by atoms with Crippen molar-refractivity contribution in [2.45, 2.75) is 71.6 Å². The van der Waals surface area contributed by atoms with Crippen LogP contribution < -0.4 is 5.32 Å². The molecule has 1 saturated carbocycles. The van der Waals surface area contributed by atoms with Crippen LogP contribution in [0.4, 0.5) is 0 Å². The van der Waals surface area contributed by atoms with Crippen molar-refractivity contribution in [2.24, 2.45) is 0 Å². The van der Waals surface area contributed by atoms with Crippen LogP contribution >= 0.6 is 0 Å². The molecule has 3 nitrogen and oxygen atoms in total. The molecule has 0 radical (unpaired) electrons. The largest absolute Gasteiger partial charge is 0.465 e. The summed E-state index contributed by atoms with van der Waals surface area (Å²) in [5.41, 5.74) is 1.53. The van der Waals surface area contributed by atoms with E-state index in [1.165, 1.54) is 18.4 Å². The van der Waals surface area contributed by atoms with Crippen LogP contribution in [0.25, 0.3) is 0 Å². The van der Waals surface area contributed by atoms with Gasteiger partial charge in [0.05, 0.1) is 6.54 Å². The summed E-state index contributed by atoms with van der Waals surface area (Å²) in [4.78, 5) is 2.36. The highest BCUT2D eigenvalue weighted by Gasteiger charge is 2.23. The van der Waals surface area contributed by atoms with Gasteiger partial charge in [0.2, 0.25) is 0 Å². The molecule has 0 saturated heterocycles. The summed E-state index contributed by atoms with van der Waals surface area (Å²) in [5.74, 6) is 2.14. The molecule has 0 bridgehead atoms. The molecule has 0 unspecified atom stereocenters. The minimum atomic E-state index is 0.215. The zero-order valence-corrected chi connectivity index (χ0v) is 13.0. The van der Waals surface area contributed by atoms with Gasteiger partial charge in [-0.2, -0.15) is 0 Å². The molecule has 1 aromatic rings. The number of rotatable bonds is 7. The summed E-state index contributed by atoms with van der Waals surface area (Å²) in [5, 5.41) is 3.55. The molecule has 19 heavy (non-hydrogen) atoms. The van der Waals surface area contributed by atoms with Gasteiger partial charge in [-0.1, -0.05) is 6.92 Å². The van der Waals surface area contributed by atoms with Crippen molar-refractivity contribution in [3.05, 3.63) is 23.2 Å². The minimum Gasteiger partial charge on any atom is -0.465 e. The van der Waals surface area contributed by atoms with Gasteiger partial charge in [-0.25, -0.2) is 0 Å². The van der Waals surface area contributed by atoms with Crippen LogP contribution in [-0.4, -0.2) is 23.5 Å². The quantitative estimate of drug-likeness (QED) is 0.817. The van der Waals surface area contributed by atoms with Gasteiger partial charge < -0.3 is 9.73 Å². The standard InChI is InChI=1S/C16H28N2O/c1-6-16(3,4)18(5)11-15-9-13(12(2)19-15)10-17-14-7-8-14/h9,14,17H,6-8,10-11H2,1-5H3. The van der Waals surface area contributed by atoms with Crippen molar-refractivity contribution >= 4 is 0 Å². The lowest BCUT2D eigenvalue weighted by Gasteiger charge is -2.34. The summed E-state index contributed by atoms with van der Waals surface area (Å²) in [7, 11) is 2.17. The first-order valence-electron chi connectivity index (χ1n) is 7.45. The van der Waals surface area contributed by atoms with E-state index in [0.717, 1.165) is 37.1 Å². The molecule has 1 heterocycles. The Morgan fingerprint density at radius 3 is 2.68 bits per heavy atom. The number of aryl methyl sites for hydroxylation is 1. The smallest absolute Gasteiger partial charge is 0.118 e. The molecule has 0 spiro atoms. The van der Waals surface area contributed by atoms with E-state index in [1.807, 2.05) is 0 Å². The summed E-state index contributed by atoms with van der Waals surface area (Å²) in [6, 6.07) is 2.96. The van der Waals surface area contributed by atoms with Crippen molar-refractivity contribution in [3.8, 4) is 0 Å². The third-order valence-electron chi connectivity index (χ3n) is 4.52. The molecule has 0 atom stereocenters. The first-order chi connectivity index (χ1) is 8.92. The highest BCUT2D eigenvalue weighted by Crippen LogP contribution is 2.23. The molecule has 1 aromatic heterocycles. The average molecular weight is 264 g/mol. The number of nitrogens with zero attached hydrogens (tertiary/aromatic N) is 1. The van der Waals surface area contributed by atoms with Crippen LogP contribution in [0.5, 0.6) is 0 Å². The molecule has 0 amide bonds. The third-order valence-corrected chi connectivity index (χ3v) is 4.52. The molecule has 0 aliphatic heterocycles. The van der Waals surface area contributed by atoms with Gasteiger partial charge in [0.15, 0.2) is 0 Å². The van der Waals surface area contributed by atoms with Gasteiger partial charge in [-0.3, -0.25) is 4.90 Å². The van der Waals surface area contributed by atoms with Crippen molar-refractivity contribution in [1.29, 1.82) is 0 Å². The Balaban J connectivity index is 1.94. The van der Waals surface area contributed by atoms with Crippen LogP contribution in [0, 0.1) is 6.92 Å². The number of hydrogen-bond donors (Lipinski definition) is 1. The Morgan fingerprint density at radius 1 is 1.42 bits per heavy atom. The summed E-state index contributed by atoms with van der Waals surface area (Å²) in [6.07, 6.45) is 3.80. The lowest BCUT2D eigenvalue weighted by Crippen LogP contribution is -2.39. The van der Waals surface area contributed by atoms with Gasteiger partial charge >= 0.3 is 0 Å². The maximum atomic E-state index is 5.90. The Kier molecular flexibility index (Phi) is 4.36. The monoisotopic (exact) mass is 264 g/mol. The van der Waals surface area contributed by atoms with Gasteiger partial charge in [0.25, 0.3) is 0 Å². The van der Waals surface area contributed by atoms with Crippen molar-refractivity contribution in [3.63, 3.8) is 0 Å². The van der Waals surface area contributed by atoms with Gasteiger partial charge in [-0.05, 0) is 53.1 Å². The fraction of sp³-hybridized carbons (Fsp3) is 0.750. The van der Waals surface area contributed by atoms with E-state index in [4.69, 9.17) is 4.42 Å². The zero-order chi connectivity index (χ0) is 14.0. The zero-order valence-electron chi connectivity index (χ0n) is 13.0. The van der Waals surface area contributed by atoms with Crippen LogP contribution in [0.1, 0.15) is 57.1 Å². The van der Waals surface area contributed by atoms with Crippen LogP contribution in [0.2, 0.25) is 0 Å². The van der Waals surface area contributed by atoms with E-state index in [1.54, 1.807) is 0 Å². The second kappa shape index (κ2) is 5.68. The predicted octanol–water partition coefficient (Wildman–Crippen LogP) is 3.46. The highest BCUT2D eigenvalue weighted by atomic mass is 16.3. The predicted molar refractivity (Wildman–Crippen MR) is 79.1 cm³/mol. The van der Waals surface area contributed by atoms with E-state index >= 15 is 0 Å². The molecule has 3 heteroatoms. The van der Waals surface area contributed by atoms with Gasteiger partial charge in [-0.15, -0.1) is 0 Å². The Morgan fingerprint density at radius 2 is 2.11 bits per heavy atom. The van der Waals surface area contributed by atoms with Crippen LogP contribution in [-0.2, 0) is 13.1 Å². The van der Waals surface area contributed by atoms with E-state index < -0.39 is 0 Å². The summed E-state index contributed by atoms with van der Waals surface area (Å²) in [6.45, 7) is 10.7. The molecule has 2 rings (SSSR count). The Bertz CT molecular complexity index is 418. The second-order valence-corrected chi connectivity index (χ2v) is 6.47. The first kappa shape index (κ1) is 14.6. The van der Waals surface area contributed by atoms with E-state index in [-0.39, 0.29) is 5.54 Å². The normalized spacial score (nSPS) is 16.3. The number of hydrogen-bond acceptors (Lipinski definition) is 3. The average Bonchev–Trinajstić information content (AvgIpc) is 3.12. The fourth-order valence-corrected chi connectivity index (χ4v) is 2.10. The topological polar surface area (TPSA) is 28.4 Å². The van der Waals surface area contributed by atoms with Crippen molar-refractivity contribution < 1.29 is 4.42 Å². The minimum absolute atomic E-state index is 0.215. The maximum Gasteiger partial charge on any atom is 0.118 e. The number of furan rings is 1. The Labute approximate surface area is 117 Å². The third kappa shape index (κ3) is 3.83. The molecule has 0 aromatic carbocycles. The van der Waals surface area contributed by atoms with E-state index in [9.17, 15) is 0 Å². The number of nitrogens with one attached hydrogen (secondary N) is 1. The SMILES string of the molecule is CCC(C)(C)N(C)Cc1cc(CNC2CC2)c(C)o1. The molecular formula is C16H28N2O. The molecule has 108 valence electrons. The van der Waals surface area contributed by atoms with Crippen LogP contribution in [0.15, 0.2) is 10.5 Å². The Hall–Kier alpha value is -0.800. The molecule has 1 aliphatic carbocycles.